The van der Waals surface area contributed by atoms with Crippen LogP contribution in [-0.4, -0.2) is 16.5 Å². The van der Waals surface area contributed by atoms with E-state index >= 15 is 0 Å². The van der Waals surface area contributed by atoms with Crippen molar-refractivity contribution in [3.05, 3.63) is 55.6 Å². The second-order valence-corrected chi connectivity index (χ2v) is 4.08. The Kier molecular flexibility index (Phi) is 3.33. The number of hydrogen-bond donors (Lipinski definition) is 1. The van der Waals surface area contributed by atoms with Gasteiger partial charge in [-0.1, -0.05) is 6.08 Å². The molecule has 3 aromatic rings. The molecule has 20 heavy (non-hydrogen) atoms. The van der Waals surface area contributed by atoms with Gasteiger partial charge in [0.15, 0.2) is 5.76 Å². The first-order valence-electron chi connectivity index (χ1n) is 6.18. The SMILES string of the molecule is C=CCNc1ncc(-c2ccco2)c(-c2ccco2)n1. The fourth-order valence-electron chi connectivity index (χ4n) is 1.84. The highest BCUT2D eigenvalue weighted by Crippen LogP contribution is 2.31. The van der Waals surface area contributed by atoms with Gasteiger partial charge in [0.2, 0.25) is 5.95 Å². The Labute approximate surface area is 116 Å². The van der Waals surface area contributed by atoms with Gasteiger partial charge in [0.1, 0.15) is 11.5 Å². The van der Waals surface area contributed by atoms with Crippen LogP contribution in [0.2, 0.25) is 0 Å². The summed E-state index contributed by atoms with van der Waals surface area (Å²) in [7, 11) is 0. The first-order valence-corrected chi connectivity index (χ1v) is 6.18. The summed E-state index contributed by atoms with van der Waals surface area (Å²) in [4.78, 5) is 8.76. The lowest BCUT2D eigenvalue weighted by molar-refractivity contribution is 0.573. The summed E-state index contributed by atoms with van der Waals surface area (Å²) in [6.07, 6.45) is 6.69. The molecule has 0 bridgehead atoms. The van der Waals surface area contributed by atoms with Crippen molar-refractivity contribution in [2.45, 2.75) is 0 Å². The van der Waals surface area contributed by atoms with Crippen molar-refractivity contribution in [2.75, 3.05) is 11.9 Å². The third kappa shape index (κ3) is 2.33. The largest absolute Gasteiger partial charge is 0.464 e. The van der Waals surface area contributed by atoms with E-state index in [0.29, 0.717) is 29.7 Å². The van der Waals surface area contributed by atoms with Crippen LogP contribution in [0.25, 0.3) is 22.8 Å². The lowest BCUT2D eigenvalue weighted by atomic mass is 10.1. The van der Waals surface area contributed by atoms with E-state index in [4.69, 9.17) is 8.83 Å². The quantitative estimate of drug-likeness (QED) is 0.715. The normalized spacial score (nSPS) is 10.4. The van der Waals surface area contributed by atoms with Gasteiger partial charge in [0.05, 0.1) is 18.1 Å². The van der Waals surface area contributed by atoms with Crippen molar-refractivity contribution in [3.63, 3.8) is 0 Å². The van der Waals surface area contributed by atoms with Crippen LogP contribution in [0.15, 0.2) is 64.5 Å². The Morgan fingerprint density at radius 2 is 1.90 bits per heavy atom. The van der Waals surface area contributed by atoms with Crippen LogP contribution in [0.4, 0.5) is 5.95 Å². The van der Waals surface area contributed by atoms with Gasteiger partial charge in [0, 0.05) is 12.7 Å². The van der Waals surface area contributed by atoms with Crippen LogP contribution in [0.3, 0.4) is 0 Å². The van der Waals surface area contributed by atoms with Crippen molar-refractivity contribution >= 4 is 5.95 Å². The fraction of sp³-hybridized carbons (Fsp3) is 0.0667. The predicted octanol–water partition coefficient (Wildman–Crippen LogP) is 3.59. The van der Waals surface area contributed by atoms with Crippen LogP contribution < -0.4 is 5.32 Å². The zero-order valence-electron chi connectivity index (χ0n) is 10.7. The number of nitrogens with one attached hydrogen (secondary N) is 1. The molecular weight excluding hydrogens is 254 g/mol. The van der Waals surface area contributed by atoms with Gasteiger partial charge in [-0.3, -0.25) is 0 Å². The van der Waals surface area contributed by atoms with Crippen LogP contribution in [-0.2, 0) is 0 Å². The fourth-order valence-corrected chi connectivity index (χ4v) is 1.84. The molecule has 0 unspecified atom stereocenters. The molecule has 3 rings (SSSR count). The highest BCUT2D eigenvalue weighted by atomic mass is 16.3. The summed E-state index contributed by atoms with van der Waals surface area (Å²) in [5, 5.41) is 3.06. The van der Waals surface area contributed by atoms with E-state index in [9.17, 15) is 0 Å². The number of furan rings is 2. The molecule has 0 saturated carbocycles. The standard InChI is InChI=1S/C15H13N3O2/c1-2-7-16-15-17-10-11(12-5-3-8-19-12)14(18-15)13-6-4-9-20-13/h2-6,8-10H,1,7H2,(H,16,17,18). The van der Waals surface area contributed by atoms with E-state index in [-0.39, 0.29) is 0 Å². The third-order valence-corrected chi connectivity index (χ3v) is 2.73. The zero-order valence-corrected chi connectivity index (χ0v) is 10.7. The summed E-state index contributed by atoms with van der Waals surface area (Å²) >= 11 is 0. The molecule has 0 aliphatic rings. The molecule has 3 aromatic heterocycles. The molecule has 0 spiro atoms. The molecule has 0 saturated heterocycles. The molecular formula is C15H13N3O2. The molecule has 0 aliphatic carbocycles. The summed E-state index contributed by atoms with van der Waals surface area (Å²) in [6.45, 7) is 4.25. The van der Waals surface area contributed by atoms with Crippen LogP contribution in [0.1, 0.15) is 0 Å². The molecule has 0 aliphatic heterocycles. The van der Waals surface area contributed by atoms with E-state index in [1.807, 2.05) is 24.3 Å². The monoisotopic (exact) mass is 267 g/mol. The highest BCUT2D eigenvalue weighted by Gasteiger charge is 2.15. The lowest BCUT2D eigenvalue weighted by Crippen LogP contribution is -2.04. The Morgan fingerprint density at radius 1 is 1.15 bits per heavy atom. The third-order valence-electron chi connectivity index (χ3n) is 2.73. The van der Waals surface area contributed by atoms with Crippen molar-refractivity contribution in [3.8, 4) is 22.8 Å². The Hall–Kier alpha value is -2.82. The summed E-state index contributed by atoms with van der Waals surface area (Å²) in [5.41, 5.74) is 1.47. The molecule has 0 atom stereocenters. The van der Waals surface area contributed by atoms with E-state index in [1.165, 1.54) is 0 Å². The van der Waals surface area contributed by atoms with Gasteiger partial charge >= 0.3 is 0 Å². The van der Waals surface area contributed by atoms with Gasteiger partial charge in [-0.2, -0.15) is 0 Å². The Bertz CT molecular complexity index is 688. The number of anilines is 1. The molecule has 100 valence electrons. The minimum atomic E-state index is 0.520. The number of nitrogens with zero attached hydrogens (tertiary/aromatic N) is 2. The highest BCUT2D eigenvalue weighted by molar-refractivity contribution is 5.75. The van der Waals surface area contributed by atoms with Gasteiger partial charge in [-0.05, 0) is 24.3 Å². The van der Waals surface area contributed by atoms with E-state index < -0.39 is 0 Å². The van der Waals surface area contributed by atoms with E-state index in [2.05, 4.69) is 21.9 Å². The minimum absolute atomic E-state index is 0.520. The number of aromatic nitrogens is 2. The average molecular weight is 267 g/mol. The van der Waals surface area contributed by atoms with Gasteiger partial charge in [-0.25, -0.2) is 9.97 Å². The molecule has 0 aromatic carbocycles. The number of hydrogen-bond acceptors (Lipinski definition) is 5. The average Bonchev–Trinajstić information content (AvgIpc) is 3.17. The molecule has 3 heterocycles. The van der Waals surface area contributed by atoms with Crippen molar-refractivity contribution < 1.29 is 8.83 Å². The molecule has 5 heteroatoms. The van der Waals surface area contributed by atoms with Crippen molar-refractivity contribution in [1.29, 1.82) is 0 Å². The maximum atomic E-state index is 5.44. The van der Waals surface area contributed by atoms with Crippen LogP contribution >= 0.6 is 0 Å². The first-order chi connectivity index (χ1) is 9.88. The maximum Gasteiger partial charge on any atom is 0.223 e. The summed E-state index contributed by atoms with van der Waals surface area (Å²) < 4.78 is 10.9. The van der Waals surface area contributed by atoms with Crippen LogP contribution in [0, 0.1) is 0 Å². The summed E-state index contributed by atoms with van der Waals surface area (Å²) in [5.74, 6) is 1.89. The predicted molar refractivity (Wildman–Crippen MR) is 76.1 cm³/mol. The Balaban J connectivity index is 2.08. The molecule has 5 nitrogen and oxygen atoms in total. The number of rotatable bonds is 5. The topological polar surface area (TPSA) is 64.1 Å². The smallest absolute Gasteiger partial charge is 0.223 e. The zero-order chi connectivity index (χ0) is 13.8. The second-order valence-electron chi connectivity index (χ2n) is 4.08. The van der Waals surface area contributed by atoms with Gasteiger partial charge in [0.25, 0.3) is 0 Å². The van der Waals surface area contributed by atoms with Crippen molar-refractivity contribution in [2.24, 2.45) is 0 Å². The second kappa shape index (κ2) is 5.44. The maximum absolute atomic E-state index is 5.44. The van der Waals surface area contributed by atoms with Crippen molar-refractivity contribution in [1.82, 2.24) is 9.97 Å². The molecule has 1 N–H and O–H groups in total. The molecule has 0 radical (unpaired) electrons. The van der Waals surface area contributed by atoms with Gasteiger partial charge in [-0.15, -0.1) is 6.58 Å². The lowest BCUT2D eigenvalue weighted by Gasteiger charge is -2.07. The van der Waals surface area contributed by atoms with E-state index in [1.54, 1.807) is 24.8 Å². The molecule has 0 fully saturated rings. The van der Waals surface area contributed by atoms with Gasteiger partial charge < -0.3 is 14.2 Å². The minimum Gasteiger partial charge on any atom is -0.464 e. The Morgan fingerprint density at radius 3 is 2.55 bits per heavy atom. The molecule has 0 amide bonds. The summed E-state index contributed by atoms with van der Waals surface area (Å²) in [6, 6.07) is 7.36. The van der Waals surface area contributed by atoms with E-state index in [0.717, 1.165) is 5.56 Å². The van der Waals surface area contributed by atoms with Crippen LogP contribution in [0.5, 0.6) is 0 Å². The first kappa shape index (κ1) is 12.2.